The number of anilines is 1. The molecule has 102 valence electrons. The highest BCUT2D eigenvalue weighted by Crippen LogP contribution is 2.41. The third-order valence-corrected chi connectivity index (χ3v) is 3.81. The average Bonchev–Trinajstić information content (AvgIpc) is 2.87. The van der Waals surface area contributed by atoms with Crippen molar-refractivity contribution in [3.63, 3.8) is 0 Å². The van der Waals surface area contributed by atoms with Crippen molar-refractivity contribution in [2.24, 2.45) is 5.92 Å². The van der Waals surface area contributed by atoms with Crippen LogP contribution in [0, 0.1) is 17.2 Å². The van der Waals surface area contributed by atoms with Crippen LogP contribution in [0.5, 0.6) is 0 Å². The number of carbonyl (C=O) groups is 1. The van der Waals surface area contributed by atoms with E-state index in [1.165, 1.54) is 0 Å². The first-order valence-electron chi connectivity index (χ1n) is 6.63. The molecule has 0 saturated carbocycles. The molecule has 2 heterocycles. The summed E-state index contributed by atoms with van der Waals surface area (Å²) in [6.07, 6.45) is 3.67. The van der Waals surface area contributed by atoms with Crippen LogP contribution >= 0.6 is 0 Å². The van der Waals surface area contributed by atoms with Crippen LogP contribution in [0.2, 0.25) is 0 Å². The molecule has 20 heavy (non-hydrogen) atoms. The fourth-order valence-corrected chi connectivity index (χ4v) is 2.84. The third kappa shape index (κ3) is 1.55. The molecule has 2 aliphatic rings. The summed E-state index contributed by atoms with van der Waals surface area (Å²) in [5.41, 5.74) is 3.99. The number of nitrogens with one attached hydrogen (secondary N) is 1. The first kappa shape index (κ1) is 12.7. The summed E-state index contributed by atoms with van der Waals surface area (Å²) < 4.78 is 5.21. The molecule has 0 spiro atoms. The summed E-state index contributed by atoms with van der Waals surface area (Å²) in [5, 5.41) is 11.1. The number of benzene rings is 1. The molecule has 0 amide bonds. The van der Waals surface area contributed by atoms with Gasteiger partial charge in [0.15, 0.2) is 5.54 Å². The maximum Gasteiger partial charge on any atom is 0.339 e. The van der Waals surface area contributed by atoms with E-state index in [9.17, 15) is 10.1 Å². The van der Waals surface area contributed by atoms with Crippen molar-refractivity contribution in [3.8, 4) is 6.07 Å². The van der Waals surface area contributed by atoms with Crippen LogP contribution in [0.3, 0.4) is 0 Å². The van der Waals surface area contributed by atoms with Crippen LogP contribution in [0.1, 0.15) is 12.5 Å². The molecule has 3 rings (SSSR count). The van der Waals surface area contributed by atoms with Crippen molar-refractivity contribution in [1.82, 2.24) is 5.43 Å². The number of nitrogens with zero attached hydrogens (tertiary/aromatic N) is 2. The first-order chi connectivity index (χ1) is 9.74. The Morgan fingerprint density at radius 3 is 3.15 bits per heavy atom. The predicted molar refractivity (Wildman–Crippen MR) is 74.4 cm³/mol. The molecular formula is C15H15N3O2. The van der Waals surface area contributed by atoms with Crippen LogP contribution in [0.4, 0.5) is 5.69 Å². The number of ether oxygens (including phenoxy) is 1. The Labute approximate surface area is 117 Å². The van der Waals surface area contributed by atoms with Gasteiger partial charge in [-0.15, -0.1) is 0 Å². The summed E-state index contributed by atoms with van der Waals surface area (Å²) in [6.45, 7) is 2.49. The molecule has 5 heteroatoms. The molecule has 5 nitrogen and oxygen atoms in total. The van der Waals surface area contributed by atoms with Gasteiger partial charge in [0, 0.05) is 6.54 Å². The molecule has 2 atom stereocenters. The van der Waals surface area contributed by atoms with Gasteiger partial charge in [-0.2, -0.15) is 5.26 Å². The molecule has 2 aliphatic heterocycles. The molecule has 0 aromatic heterocycles. The number of nitriles is 1. The van der Waals surface area contributed by atoms with E-state index in [-0.39, 0.29) is 5.97 Å². The van der Waals surface area contributed by atoms with Crippen molar-refractivity contribution in [1.29, 1.82) is 5.26 Å². The van der Waals surface area contributed by atoms with E-state index in [1.54, 1.807) is 18.0 Å². The molecule has 1 N–H and O–H groups in total. The lowest BCUT2D eigenvalue weighted by Gasteiger charge is -2.39. The minimum atomic E-state index is -1.07. The van der Waals surface area contributed by atoms with Crippen molar-refractivity contribution < 1.29 is 9.53 Å². The standard InChI is InChI=1S/C15H15N3O2/c1-2-20-14(19)15-8-7-11-5-3-4-6-13(11)18(15)17-10-12(15)9-16/h3-8,12,17H,2,10H2,1H3/t12-,15-/m1/s1. The lowest BCUT2D eigenvalue weighted by molar-refractivity contribution is -0.148. The number of carbonyl (C=O) groups excluding carboxylic acids is 1. The van der Waals surface area contributed by atoms with E-state index in [2.05, 4.69) is 11.5 Å². The maximum absolute atomic E-state index is 12.5. The fourth-order valence-electron chi connectivity index (χ4n) is 2.84. The summed E-state index contributed by atoms with van der Waals surface area (Å²) in [6, 6.07) is 9.98. The lowest BCUT2D eigenvalue weighted by atomic mass is 9.82. The summed E-state index contributed by atoms with van der Waals surface area (Å²) in [5.74, 6) is -0.867. The molecule has 0 unspecified atom stereocenters. The van der Waals surface area contributed by atoms with Gasteiger partial charge in [0.25, 0.3) is 0 Å². The van der Waals surface area contributed by atoms with E-state index in [0.717, 1.165) is 11.3 Å². The van der Waals surface area contributed by atoms with Gasteiger partial charge in [0.1, 0.15) is 0 Å². The van der Waals surface area contributed by atoms with Crippen LogP contribution in [-0.4, -0.2) is 24.7 Å². The van der Waals surface area contributed by atoms with Gasteiger partial charge in [-0.3, -0.25) is 5.01 Å². The number of rotatable bonds is 2. The number of hydrogen-bond acceptors (Lipinski definition) is 5. The van der Waals surface area contributed by atoms with Crippen molar-refractivity contribution in [3.05, 3.63) is 35.9 Å². The van der Waals surface area contributed by atoms with Gasteiger partial charge in [0.2, 0.25) is 0 Å². The van der Waals surface area contributed by atoms with Gasteiger partial charge < -0.3 is 4.74 Å². The smallest absolute Gasteiger partial charge is 0.339 e. The lowest BCUT2D eigenvalue weighted by Crippen LogP contribution is -2.57. The summed E-state index contributed by atoms with van der Waals surface area (Å²) in [4.78, 5) is 12.5. The van der Waals surface area contributed by atoms with Crippen LogP contribution in [0.25, 0.3) is 6.08 Å². The third-order valence-electron chi connectivity index (χ3n) is 3.81. The second kappa shape index (κ2) is 4.66. The molecule has 0 radical (unpaired) electrons. The van der Waals surface area contributed by atoms with Crippen LogP contribution < -0.4 is 10.4 Å². The van der Waals surface area contributed by atoms with E-state index < -0.39 is 11.5 Å². The molecule has 1 saturated heterocycles. The van der Waals surface area contributed by atoms with Crippen molar-refractivity contribution >= 4 is 17.7 Å². The number of fused-ring (bicyclic) bond motifs is 3. The Hall–Kier alpha value is -2.32. The molecular weight excluding hydrogens is 254 g/mol. The average molecular weight is 269 g/mol. The fraction of sp³-hybridized carbons (Fsp3) is 0.333. The Balaban J connectivity index is 2.13. The van der Waals surface area contributed by atoms with Crippen LogP contribution in [-0.2, 0) is 9.53 Å². The zero-order chi connectivity index (χ0) is 14.2. The molecule has 1 fully saturated rings. The monoisotopic (exact) mass is 269 g/mol. The minimum Gasteiger partial charge on any atom is -0.464 e. The Bertz CT molecular complexity index is 620. The first-order valence-corrected chi connectivity index (χ1v) is 6.63. The highest BCUT2D eigenvalue weighted by atomic mass is 16.5. The normalized spacial score (nSPS) is 26.6. The largest absolute Gasteiger partial charge is 0.464 e. The Kier molecular flexibility index (Phi) is 2.96. The quantitative estimate of drug-likeness (QED) is 0.824. The maximum atomic E-state index is 12.5. The predicted octanol–water partition coefficient (Wildman–Crippen LogP) is 1.48. The van der Waals surface area contributed by atoms with E-state index in [1.807, 2.05) is 30.3 Å². The molecule has 1 aromatic rings. The topological polar surface area (TPSA) is 65.4 Å². The number of hydrogen-bond donors (Lipinski definition) is 1. The van der Waals surface area contributed by atoms with E-state index in [0.29, 0.717) is 13.2 Å². The highest BCUT2D eigenvalue weighted by Gasteiger charge is 2.56. The molecule has 1 aromatic carbocycles. The zero-order valence-corrected chi connectivity index (χ0v) is 11.2. The van der Waals surface area contributed by atoms with Gasteiger partial charge in [-0.05, 0) is 24.6 Å². The second-order valence-electron chi connectivity index (χ2n) is 4.82. The number of hydrazine groups is 1. The summed E-state index contributed by atoms with van der Waals surface area (Å²) in [7, 11) is 0. The van der Waals surface area contributed by atoms with E-state index in [4.69, 9.17) is 4.74 Å². The van der Waals surface area contributed by atoms with Gasteiger partial charge in [0.05, 0.1) is 24.3 Å². The summed E-state index contributed by atoms with van der Waals surface area (Å²) >= 11 is 0. The van der Waals surface area contributed by atoms with E-state index >= 15 is 0 Å². The molecule has 0 aliphatic carbocycles. The zero-order valence-electron chi connectivity index (χ0n) is 11.2. The van der Waals surface area contributed by atoms with Crippen molar-refractivity contribution in [2.75, 3.05) is 18.2 Å². The minimum absolute atomic E-state index is 0.294. The number of para-hydroxylation sites is 1. The second-order valence-corrected chi connectivity index (χ2v) is 4.82. The van der Waals surface area contributed by atoms with Crippen molar-refractivity contribution in [2.45, 2.75) is 12.5 Å². The van der Waals surface area contributed by atoms with Gasteiger partial charge in [-0.25, -0.2) is 10.2 Å². The van der Waals surface area contributed by atoms with Gasteiger partial charge in [-0.1, -0.05) is 24.3 Å². The van der Waals surface area contributed by atoms with Gasteiger partial charge >= 0.3 is 5.97 Å². The highest BCUT2D eigenvalue weighted by molar-refractivity contribution is 5.94. The Morgan fingerprint density at radius 2 is 2.40 bits per heavy atom. The Morgan fingerprint density at radius 1 is 1.60 bits per heavy atom. The SMILES string of the molecule is CCOC(=O)[C@]12C=Cc3ccccc3N1NC[C@H]2C#N. The molecule has 0 bridgehead atoms. The number of esters is 1. The van der Waals surface area contributed by atoms with Crippen LogP contribution in [0.15, 0.2) is 30.3 Å².